The summed E-state index contributed by atoms with van der Waals surface area (Å²) in [5.74, 6) is 1.27. The fourth-order valence-electron chi connectivity index (χ4n) is 4.02. The molecule has 1 fully saturated rings. The van der Waals surface area contributed by atoms with E-state index >= 15 is 0 Å². The molecule has 4 atom stereocenters. The van der Waals surface area contributed by atoms with Crippen LogP contribution in [0.2, 0.25) is 0 Å². The van der Waals surface area contributed by atoms with Gasteiger partial charge in [0, 0.05) is 25.6 Å². The zero-order valence-electron chi connectivity index (χ0n) is 18.6. The molecule has 176 valence electrons. The van der Waals surface area contributed by atoms with Crippen LogP contribution in [0, 0.1) is 5.92 Å². The van der Waals surface area contributed by atoms with Crippen LogP contribution < -0.4 is 10.1 Å². The zero-order chi connectivity index (χ0) is 22.9. The second kappa shape index (κ2) is 12.5. The number of hydrogen-bond donors (Lipinski definition) is 2. The number of hydrogen-bond acceptors (Lipinski definition) is 7. The fraction of sp³-hybridized carbons (Fsp3) is 0.591. The number of ether oxygens (including phenoxy) is 1. The molecule has 0 aliphatic heterocycles. The van der Waals surface area contributed by atoms with Crippen LogP contribution in [0.5, 0.6) is 5.75 Å². The van der Waals surface area contributed by atoms with Crippen LogP contribution in [0.25, 0.3) is 5.69 Å². The van der Waals surface area contributed by atoms with Crippen LogP contribution in [0.1, 0.15) is 32.6 Å². The summed E-state index contributed by atoms with van der Waals surface area (Å²) in [5.41, 5.74) is 0.916. The normalized spacial score (nSPS) is 23.3. The lowest BCUT2D eigenvalue weighted by Gasteiger charge is -2.41. The number of aliphatic hydroxyl groups is 1. The van der Waals surface area contributed by atoms with Gasteiger partial charge in [0.1, 0.15) is 28.8 Å². The molecular formula is C22H32IN5O4. The highest BCUT2D eigenvalue weighted by atomic mass is 127. The van der Waals surface area contributed by atoms with Crippen LogP contribution in [0.15, 0.2) is 36.7 Å². The minimum Gasteiger partial charge on any atom is -0.494 e. The monoisotopic (exact) mass is 557 g/mol. The Morgan fingerprint density at radius 3 is 2.81 bits per heavy atom. The Morgan fingerprint density at radius 2 is 2.12 bits per heavy atom. The molecule has 0 spiro atoms. The van der Waals surface area contributed by atoms with Crippen molar-refractivity contribution in [1.82, 2.24) is 25.2 Å². The number of aromatic nitrogens is 3. The summed E-state index contributed by atoms with van der Waals surface area (Å²) < 4.78 is 12.8. The number of benzene rings is 1. The first-order valence-corrected chi connectivity index (χ1v) is 11.9. The van der Waals surface area contributed by atoms with E-state index in [9.17, 15) is 9.90 Å². The van der Waals surface area contributed by atoms with Gasteiger partial charge in [0.15, 0.2) is 0 Å². The Kier molecular flexibility index (Phi) is 9.69. The molecule has 32 heavy (non-hydrogen) atoms. The van der Waals surface area contributed by atoms with Crippen molar-refractivity contribution < 1.29 is 17.7 Å². The first-order valence-electron chi connectivity index (χ1n) is 11.0. The molecule has 0 radical (unpaired) electrons. The lowest BCUT2D eigenvalue weighted by Crippen LogP contribution is -2.52. The third kappa shape index (κ3) is 7.12. The van der Waals surface area contributed by atoms with Crippen molar-refractivity contribution in [3.05, 3.63) is 36.7 Å². The van der Waals surface area contributed by atoms with Crippen LogP contribution in [0.4, 0.5) is 0 Å². The summed E-state index contributed by atoms with van der Waals surface area (Å²) in [6, 6.07) is 7.62. The van der Waals surface area contributed by atoms with Gasteiger partial charge in [-0.2, -0.15) is 0 Å². The van der Waals surface area contributed by atoms with Crippen molar-refractivity contribution in [2.45, 2.75) is 50.9 Å². The fourth-order valence-corrected chi connectivity index (χ4v) is 4.53. The molecule has 1 heterocycles. The summed E-state index contributed by atoms with van der Waals surface area (Å²) in [5, 5.41) is 21.2. The average molecular weight is 557 g/mol. The maximum atomic E-state index is 12.2. The molecule has 1 saturated carbocycles. The first kappa shape index (κ1) is 24.9. The van der Waals surface area contributed by atoms with Crippen molar-refractivity contribution in [3.63, 3.8) is 0 Å². The van der Waals surface area contributed by atoms with Gasteiger partial charge in [0.25, 0.3) is 0 Å². The van der Waals surface area contributed by atoms with E-state index in [2.05, 4.69) is 27.5 Å². The predicted octanol–water partition coefficient (Wildman–Crippen LogP) is 2.37. The number of carbonyl (C=O) groups excluding carboxylic acids is 1. The van der Waals surface area contributed by atoms with Crippen molar-refractivity contribution in [2.75, 3.05) is 26.7 Å². The van der Waals surface area contributed by atoms with Crippen molar-refractivity contribution >= 4 is 28.9 Å². The molecule has 0 bridgehead atoms. The minimum atomic E-state index is -0.529. The van der Waals surface area contributed by atoms with Crippen LogP contribution in [-0.2, 0) is 7.86 Å². The molecule has 1 aliphatic carbocycles. The Labute approximate surface area is 203 Å². The smallest absolute Gasteiger partial charge is 0.221 e. The number of carbonyl (C=O) groups is 1. The predicted molar refractivity (Wildman–Crippen MR) is 129 cm³/mol. The summed E-state index contributed by atoms with van der Waals surface area (Å²) in [6.07, 6.45) is 5.62. The molecule has 2 aromatic rings. The lowest BCUT2D eigenvalue weighted by molar-refractivity contribution is -0.121. The third-order valence-electron chi connectivity index (χ3n) is 5.86. The summed E-state index contributed by atoms with van der Waals surface area (Å²) in [6.45, 7) is 3.86. The van der Waals surface area contributed by atoms with Gasteiger partial charge in [-0.1, -0.05) is 12.1 Å². The van der Waals surface area contributed by atoms with Crippen molar-refractivity contribution in [1.29, 1.82) is 0 Å². The molecule has 2 N–H and O–H groups in total. The third-order valence-corrected chi connectivity index (χ3v) is 6.51. The van der Waals surface area contributed by atoms with Crippen LogP contribution >= 0.6 is 23.0 Å². The largest absolute Gasteiger partial charge is 0.494 e. The van der Waals surface area contributed by atoms with Gasteiger partial charge in [-0.15, -0.1) is 5.10 Å². The quantitative estimate of drug-likeness (QED) is 0.323. The van der Waals surface area contributed by atoms with E-state index < -0.39 is 6.10 Å². The average Bonchev–Trinajstić information content (AvgIpc) is 3.34. The van der Waals surface area contributed by atoms with Gasteiger partial charge in [-0.3, -0.25) is 4.79 Å². The van der Waals surface area contributed by atoms with Gasteiger partial charge in [0.2, 0.25) is 5.91 Å². The summed E-state index contributed by atoms with van der Waals surface area (Å²) in [4.78, 5) is 14.3. The first-order chi connectivity index (χ1) is 15.5. The second-order valence-corrected chi connectivity index (χ2v) is 8.89. The van der Waals surface area contributed by atoms with Crippen LogP contribution in [0.3, 0.4) is 0 Å². The van der Waals surface area contributed by atoms with Crippen molar-refractivity contribution in [3.8, 4) is 11.4 Å². The zero-order valence-corrected chi connectivity index (χ0v) is 20.7. The standard InChI is InChI=1S/C22H32IN5O4/c1-16-14-19(22(30)20(15-16)32-23)27(2)11-8-21(29)24-9-3-13-31-18-6-4-17(5-7-18)28-12-10-25-26-28/h4-7,10,12,16,19-20,22,30H,3,8-9,11,13-15H2,1-2H3,(H,24,29)/t16?,19?,20?,22-/m1/s1. The van der Waals surface area contributed by atoms with Crippen molar-refractivity contribution in [2.24, 2.45) is 5.92 Å². The van der Waals surface area contributed by atoms with E-state index in [1.165, 1.54) is 0 Å². The Morgan fingerprint density at radius 1 is 1.34 bits per heavy atom. The number of amides is 1. The maximum absolute atomic E-state index is 12.2. The molecule has 3 rings (SSSR count). The highest BCUT2D eigenvalue weighted by Crippen LogP contribution is 2.30. The van der Waals surface area contributed by atoms with E-state index in [-0.39, 0.29) is 18.1 Å². The van der Waals surface area contributed by atoms with Crippen LogP contribution in [-0.4, -0.2) is 75.9 Å². The number of nitrogens with zero attached hydrogens (tertiary/aromatic N) is 4. The van der Waals surface area contributed by atoms with Gasteiger partial charge in [-0.05, 0) is 56.5 Å². The second-order valence-electron chi connectivity index (χ2n) is 8.39. The van der Waals surface area contributed by atoms with E-state index in [0.717, 1.165) is 30.7 Å². The lowest BCUT2D eigenvalue weighted by atomic mass is 9.82. The van der Waals surface area contributed by atoms with E-state index in [0.29, 0.717) is 32.0 Å². The summed E-state index contributed by atoms with van der Waals surface area (Å²) >= 11 is 1.87. The molecule has 1 amide bonds. The topological polar surface area (TPSA) is 102 Å². The Bertz CT molecular complexity index is 820. The molecule has 3 unspecified atom stereocenters. The molecule has 0 saturated heterocycles. The van der Waals surface area contributed by atoms with Gasteiger partial charge < -0.3 is 23.1 Å². The highest BCUT2D eigenvalue weighted by molar-refractivity contribution is 14.1. The number of likely N-dealkylation sites (N-methyl/N-ethyl adjacent to an activating group) is 1. The van der Waals surface area contributed by atoms with E-state index in [1.54, 1.807) is 17.1 Å². The number of nitrogens with one attached hydrogen (secondary N) is 1. The number of rotatable bonds is 11. The number of halogens is 1. The van der Waals surface area contributed by atoms with E-state index in [4.69, 9.17) is 7.80 Å². The Hall–Kier alpha value is -1.76. The van der Waals surface area contributed by atoms with Gasteiger partial charge in [0.05, 0.1) is 36.9 Å². The molecule has 1 aromatic carbocycles. The SMILES string of the molecule is CC1CC(OI)[C@H](O)C(N(C)CCC(=O)NCCCOc2ccc(-n3ccnn3)cc2)C1. The highest BCUT2D eigenvalue weighted by Gasteiger charge is 2.37. The van der Waals surface area contributed by atoms with E-state index in [1.807, 2.05) is 54.3 Å². The van der Waals surface area contributed by atoms with Gasteiger partial charge >= 0.3 is 0 Å². The molecule has 9 nitrogen and oxygen atoms in total. The molecular weight excluding hydrogens is 525 g/mol. The number of aliphatic hydroxyl groups excluding tert-OH is 1. The molecule has 1 aliphatic rings. The minimum absolute atomic E-state index is 0.00840. The maximum Gasteiger partial charge on any atom is 0.221 e. The molecule has 1 aromatic heterocycles. The van der Waals surface area contributed by atoms with Gasteiger partial charge in [-0.25, -0.2) is 4.68 Å². The summed E-state index contributed by atoms with van der Waals surface area (Å²) in [7, 11) is 1.96. The Balaban J connectivity index is 1.30. The molecule has 10 heteroatoms.